The van der Waals surface area contributed by atoms with Gasteiger partial charge in [-0.1, -0.05) is 23.7 Å². The van der Waals surface area contributed by atoms with Gasteiger partial charge in [0.2, 0.25) is 5.91 Å². The monoisotopic (exact) mass is 375 g/mol. The first kappa shape index (κ1) is 19.3. The average molecular weight is 376 g/mol. The number of anilines is 1. The van der Waals surface area contributed by atoms with E-state index < -0.39 is 5.91 Å². The zero-order chi connectivity index (χ0) is 19.1. The number of ether oxygens (including phenoxy) is 1. The van der Waals surface area contributed by atoms with Gasteiger partial charge in [0.1, 0.15) is 11.5 Å². The van der Waals surface area contributed by atoms with Crippen LogP contribution in [0.2, 0.25) is 5.02 Å². The summed E-state index contributed by atoms with van der Waals surface area (Å²) in [5, 5.41) is 16.6. The number of carbonyl (C=O) groups is 2. The lowest BCUT2D eigenvalue weighted by molar-refractivity contribution is -0.115. The third kappa shape index (κ3) is 5.22. The summed E-state index contributed by atoms with van der Waals surface area (Å²) < 4.78 is 5.16. The van der Waals surface area contributed by atoms with Gasteiger partial charge in [0.15, 0.2) is 0 Å². The molecule has 8 heteroatoms. The Hall–Kier alpha value is -3.06. The van der Waals surface area contributed by atoms with E-state index in [9.17, 15) is 14.7 Å². The highest BCUT2D eigenvalue weighted by atomic mass is 35.5. The number of para-hydroxylation sites is 2. The van der Waals surface area contributed by atoms with Gasteiger partial charge >= 0.3 is 0 Å². The SMILES string of the molecule is COc1ccccc1NC(=O)C/C(C)=N\NC(=O)c1cc(Cl)ccc1O. The van der Waals surface area contributed by atoms with Crippen molar-refractivity contribution in [2.75, 3.05) is 12.4 Å². The van der Waals surface area contributed by atoms with E-state index in [1.807, 2.05) is 0 Å². The van der Waals surface area contributed by atoms with E-state index in [1.165, 1.54) is 25.3 Å². The van der Waals surface area contributed by atoms with Gasteiger partial charge in [0.05, 0.1) is 24.8 Å². The number of nitrogens with one attached hydrogen (secondary N) is 2. The molecule has 0 bridgehead atoms. The normalized spacial score (nSPS) is 11.0. The van der Waals surface area contributed by atoms with Crippen molar-refractivity contribution in [1.82, 2.24) is 5.43 Å². The third-order valence-electron chi connectivity index (χ3n) is 3.35. The van der Waals surface area contributed by atoms with Crippen LogP contribution in [0.1, 0.15) is 23.7 Å². The molecule has 0 atom stereocenters. The number of carbonyl (C=O) groups excluding carboxylic acids is 2. The number of aromatic hydroxyl groups is 1. The number of hydrazone groups is 1. The number of phenols is 1. The molecule has 0 fully saturated rings. The third-order valence-corrected chi connectivity index (χ3v) is 3.58. The lowest BCUT2D eigenvalue weighted by Crippen LogP contribution is -2.21. The molecule has 0 aliphatic rings. The van der Waals surface area contributed by atoms with Crippen molar-refractivity contribution >= 4 is 34.8 Å². The Morgan fingerprint density at radius 3 is 2.69 bits per heavy atom. The number of benzene rings is 2. The minimum atomic E-state index is -0.630. The molecule has 0 unspecified atom stereocenters. The molecule has 0 spiro atoms. The number of methoxy groups -OCH3 is 1. The molecule has 3 N–H and O–H groups in total. The van der Waals surface area contributed by atoms with E-state index in [0.29, 0.717) is 22.2 Å². The zero-order valence-electron chi connectivity index (χ0n) is 14.2. The molecule has 0 saturated carbocycles. The highest BCUT2D eigenvalue weighted by molar-refractivity contribution is 6.31. The maximum absolute atomic E-state index is 12.1. The molecule has 2 rings (SSSR count). The molecule has 2 amide bonds. The first-order chi connectivity index (χ1) is 12.4. The van der Waals surface area contributed by atoms with Crippen molar-refractivity contribution < 1.29 is 19.4 Å². The number of rotatable bonds is 6. The molecular weight excluding hydrogens is 358 g/mol. The quantitative estimate of drug-likeness (QED) is 0.533. The van der Waals surface area contributed by atoms with Crippen molar-refractivity contribution in [1.29, 1.82) is 0 Å². The molecule has 2 aromatic rings. The summed E-state index contributed by atoms with van der Waals surface area (Å²) in [4.78, 5) is 24.1. The van der Waals surface area contributed by atoms with Gasteiger partial charge < -0.3 is 15.2 Å². The van der Waals surface area contributed by atoms with Crippen molar-refractivity contribution in [3.05, 3.63) is 53.1 Å². The highest BCUT2D eigenvalue weighted by Gasteiger charge is 2.12. The van der Waals surface area contributed by atoms with Crippen molar-refractivity contribution in [3.63, 3.8) is 0 Å². The van der Waals surface area contributed by atoms with Gasteiger partial charge in [-0.3, -0.25) is 9.59 Å². The molecule has 0 aromatic heterocycles. The number of hydrogen-bond donors (Lipinski definition) is 3. The summed E-state index contributed by atoms with van der Waals surface area (Å²) >= 11 is 5.80. The van der Waals surface area contributed by atoms with E-state index in [-0.39, 0.29) is 23.6 Å². The zero-order valence-corrected chi connectivity index (χ0v) is 15.0. The predicted octanol–water partition coefficient (Wildman–Crippen LogP) is 3.19. The minimum absolute atomic E-state index is 0.00692. The van der Waals surface area contributed by atoms with Crippen LogP contribution >= 0.6 is 11.6 Å². The van der Waals surface area contributed by atoms with Crippen LogP contribution in [0.5, 0.6) is 11.5 Å². The molecular formula is C18H18ClN3O4. The van der Waals surface area contributed by atoms with Crippen molar-refractivity contribution in [3.8, 4) is 11.5 Å². The van der Waals surface area contributed by atoms with Crippen molar-refractivity contribution in [2.45, 2.75) is 13.3 Å². The van der Waals surface area contributed by atoms with Crippen LogP contribution in [0.25, 0.3) is 0 Å². The molecule has 0 aliphatic heterocycles. The fourth-order valence-corrected chi connectivity index (χ4v) is 2.28. The van der Waals surface area contributed by atoms with Crippen LogP contribution in [-0.2, 0) is 4.79 Å². The highest BCUT2D eigenvalue weighted by Crippen LogP contribution is 2.23. The largest absolute Gasteiger partial charge is 0.507 e. The van der Waals surface area contributed by atoms with Gasteiger partial charge in [0, 0.05) is 10.7 Å². The van der Waals surface area contributed by atoms with Gasteiger partial charge in [-0.2, -0.15) is 5.10 Å². The van der Waals surface area contributed by atoms with E-state index in [0.717, 1.165) is 0 Å². The van der Waals surface area contributed by atoms with Crippen molar-refractivity contribution in [2.24, 2.45) is 5.10 Å². The second-order valence-corrected chi connectivity index (χ2v) is 5.81. The smallest absolute Gasteiger partial charge is 0.275 e. The fourth-order valence-electron chi connectivity index (χ4n) is 2.11. The Bertz CT molecular complexity index is 852. The Morgan fingerprint density at radius 2 is 1.96 bits per heavy atom. The molecule has 0 aliphatic carbocycles. The summed E-state index contributed by atoms with van der Waals surface area (Å²) in [6.45, 7) is 1.60. The second-order valence-electron chi connectivity index (χ2n) is 5.37. The Labute approximate surface area is 155 Å². The van der Waals surface area contributed by atoms with Crippen LogP contribution < -0.4 is 15.5 Å². The topological polar surface area (TPSA) is 100 Å². The van der Waals surface area contributed by atoms with Crippen LogP contribution in [0, 0.1) is 0 Å². The Morgan fingerprint density at radius 1 is 1.23 bits per heavy atom. The van der Waals surface area contributed by atoms with E-state index in [2.05, 4.69) is 15.8 Å². The summed E-state index contributed by atoms with van der Waals surface area (Å²) in [5.74, 6) is -0.612. The van der Waals surface area contributed by atoms with Crippen LogP contribution in [0.3, 0.4) is 0 Å². The van der Waals surface area contributed by atoms with E-state index >= 15 is 0 Å². The summed E-state index contributed by atoms with van der Waals surface area (Å²) in [7, 11) is 1.51. The molecule has 26 heavy (non-hydrogen) atoms. The fraction of sp³-hybridized carbons (Fsp3) is 0.167. The van der Waals surface area contributed by atoms with Gasteiger partial charge in [-0.05, 0) is 37.3 Å². The maximum atomic E-state index is 12.1. The summed E-state index contributed by atoms with van der Waals surface area (Å²) in [6, 6.07) is 11.1. The molecule has 7 nitrogen and oxygen atoms in total. The number of hydrogen-bond acceptors (Lipinski definition) is 5. The van der Waals surface area contributed by atoms with Crippen LogP contribution in [0.4, 0.5) is 5.69 Å². The predicted molar refractivity (Wildman–Crippen MR) is 99.9 cm³/mol. The molecule has 0 radical (unpaired) electrons. The van der Waals surface area contributed by atoms with Crippen LogP contribution in [-0.4, -0.2) is 29.7 Å². The lowest BCUT2D eigenvalue weighted by Gasteiger charge is -2.09. The van der Waals surface area contributed by atoms with Gasteiger partial charge in [-0.25, -0.2) is 5.43 Å². The number of halogens is 1. The molecule has 0 saturated heterocycles. The van der Waals surface area contributed by atoms with E-state index in [4.69, 9.17) is 16.3 Å². The number of phenolic OH excluding ortho intramolecular Hbond substituents is 1. The summed E-state index contributed by atoms with van der Waals surface area (Å²) in [6.07, 6.45) is -0.0279. The van der Waals surface area contributed by atoms with E-state index in [1.54, 1.807) is 31.2 Å². The Kier molecular flexibility index (Phi) is 6.57. The molecule has 2 aromatic carbocycles. The molecule has 0 heterocycles. The Balaban J connectivity index is 1.96. The number of nitrogens with zero attached hydrogens (tertiary/aromatic N) is 1. The lowest BCUT2D eigenvalue weighted by atomic mass is 10.2. The number of amides is 2. The minimum Gasteiger partial charge on any atom is -0.507 e. The maximum Gasteiger partial charge on any atom is 0.275 e. The summed E-state index contributed by atoms with van der Waals surface area (Å²) in [5.41, 5.74) is 3.20. The average Bonchev–Trinajstić information content (AvgIpc) is 2.62. The van der Waals surface area contributed by atoms with Gasteiger partial charge in [-0.15, -0.1) is 0 Å². The first-order valence-corrected chi connectivity index (χ1v) is 8.03. The second kappa shape index (κ2) is 8.87. The molecule has 136 valence electrons. The van der Waals surface area contributed by atoms with Gasteiger partial charge in [0.25, 0.3) is 5.91 Å². The first-order valence-electron chi connectivity index (χ1n) is 7.65. The standard InChI is InChI=1S/C18H18ClN3O4/c1-11(9-17(24)20-14-5-3-4-6-16(14)26-2)21-22-18(25)13-10-12(19)7-8-15(13)23/h3-8,10,23H,9H2,1-2H3,(H,20,24)(H,22,25)/b21-11-. The van der Waals surface area contributed by atoms with Crippen LogP contribution in [0.15, 0.2) is 47.6 Å².